The molecule has 0 spiro atoms. The summed E-state index contributed by atoms with van der Waals surface area (Å²) < 4.78 is 13.1. The molecule has 0 aliphatic carbocycles. The summed E-state index contributed by atoms with van der Waals surface area (Å²) in [4.78, 5) is 27.6. The van der Waals surface area contributed by atoms with Gasteiger partial charge in [-0.3, -0.25) is 9.59 Å². The highest BCUT2D eigenvalue weighted by Gasteiger charge is 2.22. The van der Waals surface area contributed by atoms with E-state index < -0.39 is 0 Å². The predicted molar refractivity (Wildman–Crippen MR) is 123 cm³/mol. The topological polar surface area (TPSA) is 61.4 Å². The van der Waals surface area contributed by atoms with Crippen molar-refractivity contribution in [2.24, 2.45) is 0 Å². The molecule has 4 rings (SSSR count). The van der Waals surface area contributed by atoms with Crippen molar-refractivity contribution < 1.29 is 14.0 Å². The maximum absolute atomic E-state index is 13.1. The summed E-state index contributed by atoms with van der Waals surface area (Å²) in [6, 6.07) is 18.0. The molecule has 1 aromatic heterocycles. The van der Waals surface area contributed by atoms with Crippen molar-refractivity contribution in [3.8, 4) is 10.4 Å². The number of carbonyl (C=O) groups is 2. The average molecular weight is 438 g/mol. The zero-order valence-electron chi connectivity index (χ0n) is 17.2. The monoisotopic (exact) mass is 437 g/mol. The van der Waals surface area contributed by atoms with Crippen LogP contribution in [-0.4, -0.2) is 37.4 Å². The van der Waals surface area contributed by atoms with E-state index in [1.807, 2.05) is 30.3 Å². The molecule has 2 heterocycles. The molecule has 1 fully saturated rings. The van der Waals surface area contributed by atoms with Crippen LogP contribution in [0.3, 0.4) is 0 Å². The van der Waals surface area contributed by atoms with Gasteiger partial charge in [0.25, 0.3) is 5.91 Å². The SMILES string of the molecule is CC(=O)CNC1CCN(c2ccc(NC(=O)c3ccc(-c4ccc(F)cc4)s3)cc2)C1. The van der Waals surface area contributed by atoms with E-state index in [2.05, 4.69) is 15.5 Å². The van der Waals surface area contributed by atoms with Crippen LogP contribution in [0.1, 0.15) is 23.0 Å². The maximum Gasteiger partial charge on any atom is 0.265 e. The number of hydrogen-bond acceptors (Lipinski definition) is 5. The van der Waals surface area contributed by atoms with Crippen LogP contribution in [0.25, 0.3) is 10.4 Å². The van der Waals surface area contributed by atoms with Crippen LogP contribution < -0.4 is 15.5 Å². The van der Waals surface area contributed by atoms with Gasteiger partial charge in [0.2, 0.25) is 0 Å². The molecule has 1 atom stereocenters. The zero-order chi connectivity index (χ0) is 21.8. The Kier molecular flexibility index (Phi) is 6.44. The van der Waals surface area contributed by atoms with Crippen LogP contribution in [0, 0.1) is 5.82 Å². The van der Waals surface area contributed by atoms with Gasteiger partial charge in [0.15, 0.2) is 0 Å². The van der Waals surface area contributed by atoms with E-state index in [-0.39, 0.29) is 17.5 Å². The summed E-state index contributed by atoms with van der Waals surface area (Å²) in [5, 5.41) is 6.22. The number of ketones is 1. The molecule has 1 amide bonds. The summed E-state index contributed by atoms with van der Waals surface area (Å²) in [5.74, 6) is -0.298. The highest BCUT2D eigenvalue weighted by Crippen LogP contribution is 2.29. The Labute approximate surface area is 184 Å². The number of Topliss-reactive ketones (excluding diaryl/α,β-unsaturated/α-hetero) is 1. The number of halogens is 1. The highest BCUT2D eigenvalue weighted by molar-refractivity contribution is 7.17. The van der Waals surface area contributed by atoms with Crippen LogP contribution in [0.15, 0.2) is 60.7 Å². The molecular formula is C24H24FN3O2S. The molecule has 1 aliphatic rings. The van der Waals surface area contributed by atoms with E-state index >= 15 is 0 Å². The molecule has 2 N–H and O–H groups in total. The van der Waals surface area contributed by atoms with E-state index in [4.69, 9.17) is 0 Å². The number of thiophene rings is 1. The Morgan fingerprint density at radius 1 is 1.06 bits per heavy atom. The average Bonchev–Trinajstić information content (AvgIpc) is 3.43. The molecule has 1 aliphatic heterocycles. The number of carbonyl (C=O) groups excluding carboxylic acids is 2. The lowest BCUT2D eigenvalue weighted by molar-refractivity contribution is -0.116. The molecular weight excluding hydrogens is 413 g/mol. The van der Waals surface area contributed by atoms with Gasteiger partial charge in [-0.2, -0.15) is 0 Å². The molecule has 0 saturated carbocycles. The van der Waals surface area contributed by atoms with E-state index in [1.54, 1.807) is 25.1 Å². The fraction of sp³-hybridized carbons (Fsp3) is 0.250. The van der Waals surface area contributed by atoms with Gasteiger partial charge in [-0.1, -0.05) is 12.1 Å². The standard InChI is InChI=1S/C24H24FN3O2S/c1-16(29)14-26-20-12-13-28(15-20)21-8-6-19(7-9-21)27-24(30)23-11-10-22(31-23)17-2-4-18(25)5-3-17/h2-11,20,26H,12-15H2,1H3,(H,27,30). The van der Waals surface area contributed by atoms with Gasteiger partial charge in [-0.25, -0.2) is 4.39 Å². The first-order valence-electron chi connectivity index (χ1n) is 10.2. The normalized spacial score (nSPS) is 15.8. The summed E-state index contributed by atoms with van der Waals surface area (Å²) in [5.41, 5.74) is 2.72. The molecule has 160 valence electrons. The Hall–Kier alpha value is -3.03. The molecule has 1 unspecified atom stereocenters. The van der Waals surface area contributed by atoms with Gasteiger partial charge in [0.05, 0.1) is 11.4 Å². The molecule has 31 heavy (non-hydrogen) atoms. The fourth-order valence-corrected chi connectivity index (χ4v) is 4.53. The lowest BCUT2D eigenvalue weighted by atomic mass is 10.2. The second-order valence-electron chi connectivity index (χ2n) is 7.69. The maximum atomic E-state index is 13.1. The van der Waals surface area contributed by atoms with Gasteiger partial charge in [0.1, 0.15) is 11.6 Å². The summed E-state index contributed by atoms with van der Waals surface area (Å²) in [7, 11) is 0. The van der Waals surface area contributed by atoms with Gasteiger partial charge in [-0.05, 0) is 67.4 Å². The molecule has 7 heteroatoms. The second-order valence-corrected chi connectivity index (χ2v) is 8.77. The fourth-order valence-electron chi connectivity index (χ4n) is 3.63. The first-order chi connectivity index (χ1) is 15.0. The number of amides is 1. The molecule has 5 nitrogen and oxygen atoms in total. The third kappa shape index (κ3) is 5.37. The third-order valence-corrected chi connectivity index (χ3v) is 6.41. The number of anilines is 2. The van der Waals surface area contributed by atoms with Crippen molar-refractivity contribution in [3.05, 3.63) is 71.4 Å². The van der Waals surface area contributed by atoms with Gasteiger partial charge in [0, 0.05) is 35.4 Å². The van der Waals surface area contributed by atoms with Crippen LogP contribution in [0.4, 0.5) is 15.8 Å². The van der Waals surface area contributed by atoms with E-state index in [1.165, 1.54) is 23.5 Å². The Morgan fingerprint density at radius 2 is 1.81 bits per heavy atom. The largest absolute Gasteiger partial charge is 0.370 e. The minimum absolute atomic E-state index is 0.147. The van der Waals surface area contributed by atoms with Gasteiger partial charge < -0.3 is 15.5 Å². The minimum atomic E-state index is -0.279. The molecule has 0 bridgehead atoms. The van der Waals surface area contributed by atoms with Crippen LogP contribution >= 0.6 is 11.3 Å². The minimum Gasteiger partial charge on any atom is -0.370 e. The van der Waals surface area contributed by atoms with Crippen molar-refractivity contribution in [2.75, 3.05) is 29.9 Å². The van der Waals surface area contributed by atoms with E-state index in [9.17, 15) is 14.0 Å². The van der Waals surface area contributed by atoms with Crippen molar-refractivity contribution in [3.63, 3.8) is 0 Å². The first kappa shape index (κ1) is 21.2. The Bertz CT molecular complexity index is 1060. The quantitative estimate of drug-likeness (QED) is 0.569. The van der Waals surface area contributed by atoms with Crippen LogP contribution in [0.5, 0.6) is 0 Å². The highest BCUT2D eigenvalue weighted by atomic mass is 32.1. The third-order valence-electron chi connectivity index (χ3n) is 5.28. The van der Waals surface area contributed by atoms with Crippen molar-refractivity contribution >= 4 is 34.4 Å². The lowest BCUT2D eigenvalue weighted by Crippen LogP contribution is -2.35. The van der Waals surface area contributed by atoms with E-state index in [0.717, 1.165) is 41.3 Å². The van der Waals surface area contributed by atoms with E-state index in [0.29, 0.717) is 17.5 Å². The Balaban J connectivity index is 1.34. The summed E-state index contributed by atoms with van der Waals surface area (Å²) in [6.07, 6.45) is 1.00. The van der Waals surface area contributed by atoms with Gasteiger partial charge >= 0.3 is 0 Å². The number of nitrogens with one attached hydrogen (secondary N) is 2. The van der Waals surface area contributed by atoms with Crippen LogP contribution in [-0.2, 0) is 4.79 Å². The summed E-state index contributed by atoms with van der Waals surface area (Å²) in [6.45, 7) is 3.80. The number of hydrogen-bond donors (Lipinski definition) is 2. The van der Waals surface area contributed by atoms with Crippen LogP contribution in [0.2, 0.25) is 0 Å². The number of benzene rings is 2. The number of rotatable bonds is 7. The second kappa shape index (κ2) is 9.41. The van der Waals surface area contributed by atoms with Crippen molar-refractivity contribution in [1.29, 1.82) is 0 Å². The molecule has 2 aromatic carbocycles. The molecule has 3 aromatic rings. The van der Waals surface area contributed by atoms with Gasteiger partial charge in [-0.15, -0.1) is 11.3 Å². The summed E-state index contributed by atoms with van der Waals surface area (Å²) >= 11 is 1.38. The zero-order valence-corrected chi connectivity index (χ0v) is 18.0. The molecule has 1 saturated heterocycles. The van der Waals surface area contributed by atoms with Crippen molar-refractivity contribution in [2.45, 2.75) is 19.4 Å². The lowest BCUT2D eigenvalue weighted by Gasteiger charge is -2.19. The Morgan fingerprint density at radius 3 is 2.52 bits per heavy atom. The first-order valence-corrected chi connectivity index (χ1v) is 11.0. The number of nitrogens with zero attached hydrogens (tertiary/aromatic N) is 1. The molecule has 0 radical (unpaired) electrons. The predicted octanol–water partition coefficient (Wildman–Crippen LogP) is 4.56. The smallest absolute Gasteiger partial charge is 0.265 e. The van der Waals surface area contributed by atoms with Crippen molar-refractivity contribution in [1.82, 2.24) is 5.32 Å².